The van der Waals surface area contributed by atoms with Gasteiger partial charge in [0.2, 0.25) is 11.8 Å². The highest BCUT2D eigenvalue weighted by atomic mass is 16.2. The zero-order chi connectivity index (χ0) is 20.5. The molecule has 4 amide bonds. The maximum Gasteiger partial charge on any atom is 0.262 e. The molecule has 1 aromatic rings. The van der Waals surface area contributed by atoms with Gasteiger partial charge in [0.25, 0.3) is 11.8 Å². The topological polar surface area (TPSA) is 111 Å². The molecule has 0 aliphatic carbocycles. The number of likely N-dealkylation sites (N-methyl/N-ethyl adjacent to an activating group) is 1. The summed E-state index contributed by atoms with van der Waals surface area (Å²) in [5.74, 6) is -1.91. The molecule has 0 saturated carbocycles. The molecule has 9 nitrogen and oxygen atoms in total. The third kappa shape index (κ3) is 3.68. The molecule has 154 valence electrons. The molecule has 29 heavy (non-hydrogen) atoms. The van der Waals surface area contributed by atoms with Gasteiger partial charge in [-0.2, -0.15) is 0 Å². The highest BCUT2D eigenvalue weighted by Gasteiger charge is 2.45. The van der Waals surface area contributed by atoms with Crippen LogP contribution in [0.1, 0.15) is 39.1 Å². The number of nitrogens with zero attached hydrogens (tertiary/aromatic N) is 2. The molecule has 1 aromatic carbocycles. The maximum absolute atomic E-state index is 13.1. The largest absolute Gasteiger partial charge is 0.314 e. The molecule has 2 saturated heterocycles. The molecular formula is C20H25N5O4. The predicted molar refractivity (Wildman–Crippen MR) is 104 cm³/mol. The van der Waals surface area contributed by atoms with Crippen LogP contribution in [0.4, 0.5) is 0 Å². The fraction of sp³-hybridized carbons (Fsp3) is 0.500. The second-order valence-corrected chi connectivity index (χ2v) is 7.76. The smallest absolute Gasteiger partial charge is 0.262 e. The molecule has 2 atom stereocenters. The minimum absolute atomic E-state index is 0.112. The van der Waals surface area contributed by atoms with E-state index < -0.39 is 23.8 Å². The highest BCUT2D eigenvalue weighted by Crippen LogP contribution is 2.29. The fourth-order valence-corrected chi connectivity index (χ4v) is 4.20. The predicted octanol–water partition coefficient (Wildman–Crippen LogP) is -0.919. The van der Waals surface area contributed by atoms with Gasteiger partial charge in [-0.3, -0.25) is 34.3 Å². The van der Waals surface area contributed by atoms with Crippen LogP contribution in [0.25, 0.3) is 0 Å². The van der Waals surface area contributed by atoms with Gasteiger partial charge < -0.3 is 10.6 Å². The Balaban J connectivity index is 1.49. The SMILES string of the molecule is CN1CCNCC1CNCc1cccc2c1C(=O)N(C1CCC(=O)NC1=O)C2=O. The van der Waals surface area contributed by atoms with Crippen LogP contribution in [0.2, 0.25) is 0 Å². The van der Waals surface area contributed by atoms with Crippen molar-refractivity contribution in [2.24, 2.45) is 0 Å². The van der Waals surface area contributed by atoms with E-state index in [0.29, 0.717) is 23.7 Å². The van der Waals surface area contributed by atoms with Crippen LogP contribution in [-0.4, -0.2) is 78.7 Å². The molecule has 0 aromatic heterocycles. The number of hydrogen-bond donors (Lipinski definition) is 3. The lowest BCUT2D eigenvalue weighted by atomic mass is 10.0. The van der Waals surface area contributed by atoms with Crippen LogP contribution < -0.4 is 16.0 Å². The Labute approximate surface area is 168 Å². The van der Waals surface area contributed by atoms with Gasteiger partial charge in [0.1, 0.15) is 6.04 Å². The first-order valence-corrected chi connectivity index (χ1v) is 9.92. The molecule has 3 heterocycles. The van der Waals surface area contributed by atoms with E-state index in [-0.39, 0.29) is 18.7 Å². The number of piperazine rings is 1. The Hall–Kier alpha value is -2.62. The number of amides is 4. The van der Waals surface area contributed by atoms with E-state index in [9.17, 15) is 19.2 Å². The minimum atomic E-state index is -0.942. The van der Waals surface area contributed by atoms with Gasteiger partial charge in [-0.1, -0.05) is 12.1 Å². The van der Waals surface area contributed by atoms with Gasteiger partial charge in [-0.15, -0.1) is 0 Å². The summed E-state index contributed by atoms with van der Waals surface area (Å²) in [7, 11) is 2.09. The van der Waals surface area contributed by atoms with Gasteiger partial charge in [0, 0.05) is 45.2 Å². The van der Waals surface area contributed by atoms with E-state index in [1.807, 2.05) is 6.07 Å². The third-order valence-electron chi connectivity index (χ3n) is 5.89. The number of nitrogens with one attached hydrogen (secondary N) is 3. The van der Waals surface area contributed by atoms with Gasteiger partial charge in [0.15, 0.2) is 0 Å². The molecule has 3 aliphatic heterocycles. The number of piperidine rings is 1. The van der Waals surface area contributed by atoms with Crippen LogP contribution in [0, 0.1) is 0 Å². The van der Waals surface area contributed by atoms with Crippen molar-refractivity contribution < 1.29 is 19.2 Å². The van der Waals surface area contributed by atoms with E-state index in [4.69, 9.17) is 0 Å². The van der Waals surface area contributed by atoms with Crippen LogP contribution >= 0.6 is 0 Å². The first-order chi connectivity index (χ1) is 14.0. The zero-order valence-corrected chi connectivity index (χ0v) is 16.4. The Bertz CT molecular complexity index is 870. The number of carbonyl (C=O) groups is 4. The Morgan fingerprint density at radius 2 is 2.00 bits per heavy atom. The van der Waals surface area contributed by atoms with Crippen molar-refractivity contribution in [1.29, 1.82) is 0 Å². The summed E-state index contributed by atoms with van der Waals surface area (Å²) in [4.78, 5) is 52.8. The standard InChI is InChI=1S/C20H25N5O4/c1-24-8-7-21-10-13(24)11-22-9-12-3-2-4-14-17(12)20(29)25(19(14)28)15-5-6-16(26)23-18(15)27/h2-4,13,15,21-22H,5-11H2,1H3,(H,23,26,27). The average molecular weight is 399 g/mol. The first-order valence-electron chi connectivity index (χ1n) is 9.92. The summed E-state index contributed by atoms with van der Waals surface area (Å²) < 4.78 is 0. The summed E-state index contributed by atoms with van der Waals surface area (Å²) in [6.45, 7) is 4.08. The minimum Gasteiger partial charge on any atom is -0.314 e. The number of imide groups is 2. The zero-order valence-electron chi connectivity index (χ0n) is 16.4. The molecule has 4 rings (SSSR count). The second-order valence-electron chi connectivity index (χ2n) is 7.76. The Kier molecular flexibility index (Phi) is 5.44. The number of carbonyl (C=O) groups excluding carboxylic acids is 4. The van der Waals surface area contributed by atoms with Crippen LogP contribution in [0.15, 0.2) is 18.2 Å². The Morgan fingerprint density at radius 1 is 1.17 bits per heavy atom. The van der Waals surface area contributed by atoms with Crippen LogP contribution in [-0.2, 0) is 16.1 Å². The van der Waals surface area contributed by atoms with Crippen molar-refractivity contribution in [1.82, 2.24) is 25.8 Å². The van der Waals surface area contributed by atoms with E-state index in [1.54, 1.807) is 12.1 Å². The number of hydrogen-bond acceptors (Lipinski definition) is 7. The Morgan fingerprint density at radius 3 is 2.76 bits per heavy atom. The summed E-state index contributed by atoms with van der Waals surface area (Å²) >= 11 is 0. The monoisotopic (exact) mass is 399 g/mol. The summed E-state index contributed by atoms with van der Waals surface area (Å²) in [5, 5.41) is 8.97. The highest BCUT2D eigenvalue weighted by molar-refractivity contribution is 6.24. The van der Waals surface area contributed by atoms with Crippen molar-refractivity contribution >= 4 is 23.6 Å². The molecule has 2 fully saturated rings. The third-order valence-corrected chi connectivity index (χ3v) is 5.89. The van der Waals surface area contributed by atoms with Crippen molar-refractivity contribution in [2.45, 2.75) is 31.5 Å². The molecule has 3 N–H and O–H groups in total. The molecule has 3 aliphatic rings. The van der Waals surface area contributed by atoms with E-state index in [0.717, 1.165) is 36.6 Å². The van der Waals surface area contributed by atoms with Gasteiger partial charge in [-0.05, 0) is 25.1 Å². The molecule has 0 spiro atoms. The quantitative estimate of drug-likeness (QED) is 0.549. The van der Waals surface area contributed by atoms with Crippen LogP contribution in [0.5, 0.6) is 0 Å². The average Bonchev–Trinajstić information content (AvgIpc) is 2.95. The van der Waals surface area contributed by atoms with E-state index >= 15 is 0 Å². The molecule has 0 radical (unpaired) electrons. The van der Waals surface area contributed by atoms with Crippen molar-refractivity contribution in [3.8, 4) is 0 Å². The van der Waals surface area contributed by atoms with E-state index in [1.165, 1.54) is 0 Å². The molecule has 9 heteroatoms. The van der Waals surface area contributed by atoms with E-state index in [2.05, 4.69) is 27.9 Å². The molecular weight excluding hydrogens is 374 g/mol. The summed E-state index contributed by atoms with van der Waals surface area (Å²) in [6, 6.07) is 4.61. The van der Waals surface area contributed by atoms with Gasteiger partial charge in [-0.25, -0.2) is 0 Å². The van der Waals surface area contributed by atoms with Crippen molar-refractivity contribution in [3.05, 3.63) is 34.9 Å². The lowest BCUT2D eigenvalue weighted by Gasteiger charge is -2.33. The lowest BCUT2D eigenvalue weighted by Crippen LogP contribution is -2.54. The molecule has 0 bridgehead atoms. The second kappa shape index (κ2) is 8.02. The van der Waals surface area contributed by atoms with Crippen molar-refractivity contribution in [2.75, 3.05) is 33.2 Å². The van der Waals surface area contributed by atoms with Gasteiger partial charge in [0.05, 0.1) is 11.1 Å². The first kappa shape index (κ1) is 19.7. The number of fused-ring (bicyclic) bond motifs is 1. The fourth-order valence-electron chi connectivity index (χ4n) is 4.20. The van der Waals surface area contributed by atoms with Crippen molar-refractivity contribution in [3.63, 3.8) is 0 Å². The normalized spacial score (nSPS) is 25.3. The molecule has 2 unspecified atom stereocenters. The summed E-state index contributed by atoms with van der Waals surface area (Å²) in [5.41, 5.74) is 1.40. The number of rotatable bonds is 5. The maximum atomic E-state index is 13.1. The summed E-state index contributed by atoms with van der Waals surface area (Å²) in [6.07, 6.45) is 0.270. The lowest BCUT2D eigenvalue weighted by molar-refractivity contribution is -0.136. The number of benzene rings is 1. The van der Waals surface area contributed by atoms with Crippen LogP contribution in [0.3, 0.4) is 0 Å². The van der Waals surface area contributed by atoms with Gasteiger partial charge >= 0.3 is 0 Å².